The number of para-hydroxylation sites is 1. The number of anilines is 1. The van der Waals surface area contributed by atoms with Crippen LogP contribution < -0.4 is 10.1 Å². The molecule has 0 saturated heterocycles. The van der Waals surface area contributed by atoms with E-state index in [0.717, 1.165) is 21.8 Å². The van der Waals surface area contributed by atoms with Gasteiger partial charge in [0, 0.05) is 16.0 Å². The molecule has 29 heavy (non-hydrogen) atoms. The Morgan fingerprint density at radius 1 is 1.24 bits per heavy atom. The van der Waals surface area contributed by atoms with Gasteiger partial charge in [-0.3, -0.25) is 4.79 Å². The van der Waals surface area contributed by atoms with E-state index in [1.54, 1.807) is 19.1 Å². The van der Waals surface area contributed by atoms with E-state index in [1.165, 1.54) is 28.2 Å². The summed E-state index contributed by atoms with van der Waals surface area (Å²) in [6.45, 7) is 2.14. The van der Waals surface area contributed by atoms with Crippen molar-refractivity contribution in [1.29, 1.82) is 0 Å². The molecule has 4 aromatic rings. The highest BCUT2D eigenvalue weighted by Gasteiger charge is 2.23. The highest BCUT2D eigenvalue weighted by molar-refractivity contribution is 7.17. The zero-order valence-corrected chi connectivity index (χ0v) is 16.0. The topological polar surface area (TPSA) is 81.9 Å². The minimum absolute atomic E-state index is 0.0606. The predicted molar refractivity (Wildman–Crippen MR) is 106 cm³/mol. The lowest BCUT2D eigenvalue weighted by Gasteiger charge is -2.16. The molecule has 0 aliphatic carbocycles. The smallest absolute Gasteiger partial charge is 0.265 e. The molecule has 0 fully saturated rings. The number of benzene rings is 2. The quantitative estimate of drug-likeness (QED) is 0.555. The van der Waals surface area contributed by atoms with Gasteiger partial charge < -0.3 is 10.1 Å². The molecule has 0 unspecified atom stereocenters. The third-order valence-electron chi connectivity index (χ3n) is 4.62. The van der Waals surface area contributed by atoms with E-state index >= 15 is 0 Å². The average Bonchev–Trinajstić information content (AvgIpc) is 3.36. The van der Waals surface area contributed by atoms with Crippen molar-refractivity contribution in [3.05, 3.63) is 70.6 Å². The minimum Gasteiger partial charge on any atom is -0.488 e. The number of carbonyl (C=O) groups excluding carboxylic acids is 1. The van der Waals surface area contributed by atoms with Gasteiger partial charge in [0.15, 0.2) is 5.82 Å². The van der Waals surface area contributed by atoms with Crippen LogP contribution in [0.25, 0.3) is 16.1 Å². The molecule has 0 saturated carbocycles. The Labute approximate surface area is 168 Å². The van der Waals surface area contributed by atoms with Crippen molar-refractivity contribution in [3.8, 4) is 21.9 Å². The maximum Gasteiger partial charge on any atom is 0.265 e. The number of hydrogen-bond donors (Lipinski definition) is 1. The summed E-state index contributed by atoms with van der Waals surface area (Å²) in [5.41, 5.74) is 2.51. The third-order valence-corrected chi connectivity index (χ3v) is 5.83. The van der Waals surface area contributed by atoms with Gasteiger partial charge in [-0.1, -0.05) is 12.1 Å². The molecule has 144 valence electrons. The molecular weight excluding hydrogens is 393 g/mol. The number of hydrogen-bond acceptors (Lipinski definition) is 6. The van der Waals surface area contributed by atoms with Crippen LogP contribution in [-0.2, 0) is 6.61 Å². The molecule has 9 heteroatoms. The number of halogens is 1. The minimum atomic E-state index is -0.539. The largest absolute Gasteiger partial charge is 0.488 e. The second-order valence-electron chi connectivity index (χ2n) is 6.51. The van der Waals surface area contributed by atoms with Gasteiger partial charge in [-0.25, -0.2) is 4.39 Å². The number of nitrogens with zero attached hydrogens (tertiary/aromatic N) is 4. The molecule has 1 aliphatic rings. The standard InChI is InChI=1S/C20H14FN5O2S/c1-11-23-24-25-26(11)13-6-7-15(21)16(9-13)22-20(27)18-8-12-10-28-17-5-3-2-4-14(17)19(12)29-18/h2-9H,10H2,1H3,(H,22,27). The van der Waals surface area contributed by atoms with Crippen LogP contribution in [0.15, 0.2) is 48.5 Å². The fourth-order valence-electron chi connectivity index (χ4n) is 3.21. The van der Waals surface area contributed by atoms with Crippen LogP contribution in [0.5, 0.6) is 5.75 Å². The Kier molecular flexibility index (Phi) is 4.09. The number of thiophene rings is 1. The highest BCUT2D eigenvalue weighted by atomic mass is 32.1. The summed E-state index contributed by atoms with van der Waals surface area (Å²) < 4.78 is 21.5. The zero-order chi connectivity index (χ0) is 20.0. The summed E-state index contributed by atoms with van der Waals surface area (Å²) in [6, 6.07) is 13.8. The molecule has 0 spiro atoms. The summed E-state index contributed by atoms with van der Waals surface area (Å²) in [5, 5.41) is 13.9. The lowest BCUT2D eigenvalue weighted by atomic mass is 10.1. The molecule has 3 heterocycles. The third kappa shape index (κ3) is 3.05. The fraction of sp³-hybridized carbons (Fsp3) is 0.100. The Morgan fingerprint density at radius 2 is 2.10 bits per heavy atom. The van der Waals surface area contributed by atoms with E-state index in [1.807, 2.05) is 24.3 Å². The number of aryl methyl sites for hydroxylation is 1. The number of rotatable bonds is 3. The van der Waals surface area contributed by atoms with E-state index in [4.69, 9.17) is 4.74 Å². The molecule has 7 nitrogen and oxygen atoms in total. The number of nitrogens with one attached hydrogen (secondary N) is 1. The molecule has 0 radical (unpaired) electrons. The number of fused-ring (bicyclic) bond motifs is 3. The number of carbonyl (C=O) groups is 1. The van der Waals surface area contributed by atoms with E-state index < -0.39 is 5.82 Å². The SMILES string of the molecule is Cc1nnnn1-c1ccc(F)c(NC(=O)c2cc3c(s2)-c2ccccc2OC3)c1. The van der Waals surface area contributed by atoms with E-state index in [9.17, 15) is 9.18 Å². The summed E-state index contributed by atoms with van der Waals surface area (Å²) >= 11 is 1.36. The second-order valence-corrected chi connectivity index (χ2v) is 7.56. The van der Waals surface area contributed by atoms with Gasteiger partial charge in [0.05, 0.1) is 16.3 Å². The normalized spacial score (nSPS) is 12.1. The second kappa shape index (κ2) is 6.78. The van der Waals surface area contributed by atoms with Crippen molar-refractivity contribution < 1.29 is 13.9 Å². The van der Waals surface area contributed by atoms with Crippen molar-refractivity contribution in [2.24, 2.45) is 0 Å². The summed E-state index contributed by atoms with van der Waals surface area (Å²) in [4.78, 5) is 14.3. The molecule has 2 aromatic carbocycles. The highest BCUT2D eigenvalue weighted by Crippen LogP contribution is 2.42. The van der Waals surface area contributed by atoms with Crippen molar-refractivity contribution in [1.82, 2.24) is 20.2 Å². The predicted octanol–water partition coefficient (Wildman–Crippen LogP) is 3.98. The van der Waals surface area contributed by atoms with E-state index in [2.05, 4.69) is 20.8 Å². The van der Waals surface area contributed by atoms with Gasteiger partial charge in [-0.2, -0.15) is 4.68 Å². The first-order chi connectivity index (χ1) is 14.1. The molecule has 1 N–H and O–H groups in total. The lowest BCUT2D eigenvalue weighted by molar-refractivity contribution is 0.103. The van der Waals surface area contributed by atoms with Crippen LogP contribution in [0.1, 0.15) is 21.1 Å². The number of ether oxygens (including phenoxy) is 1. The van der Waals surface area contributed by atoms with Crippen molar-refractivity contribution in [3.63, 3.8) is 0 Å². The Morgan fingerprint density at radius 3 is 2.93 bits per heavy atom. The van der Waals surface area contributed by atoms with Crippen LogP contribution in [0, 0.1) is 12.7 Å². The molecular formula is C20H14FN5O2S. The molecule has 5 rings (SSSR count). The molecule has 0 atom stereocenters. The van der Waals surface area contributed by atoms with Gasteiger partial charge in [0.2, 0.25) is 0 Å². The number of aromatic nitrogens is 4. The summed E-state index contributed by atoms with van der Waals surface area (Å²) in [6.07, 6.45) is 0. The van der Waals surface area contributed by atoms with Crippen molar-refractivity contribution in [2.45, 2.75) is 13.5 Å². The maximum atomic E-state index is 14.3. The molecule has 2 aromatic heterocycles. The Bertz CT molecular complexity index is 1250. The van der Waals surface area contributed by atoms with Gasteiger partial charge >= 0.3 is 0 Å². The number of tetrazole rings is 1. The van der Waals surface area contributed by atoms with Crippen LogP contribution in [0.3, 0.4) is 0 Å². The van der Waals surface area contributed by atoms with Crippen molar-refractivity contribution >= 4 is 22.9 Å². The van der Waals surface area contributed by atoms with Crippen molar-refractivity contribution in [2.75, 3.05) is 5.32 Å². The Balaban J connectivity index is 1.45. The molecule has 1 aliphatic heterocycles. The first-order valence-electron chi connectivity index (χ1n) is 8.81. The zero-order valence-electron chi connectivity index (χ0n) is 15.2. The number of amides is 1. The fourth-order valence-corrected chi connectivity index (χ4v) is 4.30. The van der Waals surface area contributed by atoms with Crippen LogP contribution in [0.2, 0.25) is 0 Å². The maximum absolute atomic E-state index is 14.3. The summed E-state index contributed by atoms with van der Waals surface area (Å²) in [7, 11) is 0. The average molecular weight is 407 g/mol. The van der Waals surface area contributed by atoms with Gasteiger partial charge in [0.25, 0.3) is 5.91 Å². The first kappa shape index (κ1) is 17.5. The van der Waals surface area contributed by atoms with Crippen LogP contribution >= 0.6 is 11.3 Å². The summed E-state index contributed by atoms with van der Waals surface area (Å²) in [5.74, 6) is 0.428. The van der Waals surface area contributed by atoms with Gasteiger partial charge in [0.1, 0.15) is 18.2 Å². The Hall–Kier alpha value is -3.59. The van der Waals surface area contributed by atoms with Gasteiger partial charge in [-0.15, -0.1) is 16.4 Å². The first-order valence-corrected chi connectivity index (χ1v) is 9.63. The molecule has 1 amide bonds. The van der Waals surface area contributed by atoms with Crippen LogP contribution in [-0.4, -0.2) is 26.1 Å². The van der Waals surface area contributed by atoms with Crippen LogP contribution in [0.4, 0.5) is 10.1 Å². The van der Waals surface area contributed by atoms with E-state index in [-0.39, 0.29) is 11.6 Å². The lowest BCUT2D eigenvalue weighted by Crippen LogP contribution is -2.12. The monoisotopic (exact) mass is 407 g/mol. The van der Waals surface area contributed by atoms with E-state index in [0.29, 0.717) is 23.0 Å². The van der Waals surface area contributed by atoms with Gasteiger partial charge in [-0.05, 0) is 53.7 Å². The molecule has 0 bridgehead atoms.